The second-order valence-corrected chi connectivity index (χ2v) is 6.38. The number of hydrogen-bond acceptors (Lipinski definition) is 5. The highest BCUT2D eigenvalue weighted by molar-refractivity contribution is 7.80. The van der Waals surface area contributed by atoms with Gasteiger partial charge in [-0.25, -0.2) is 0 Å². The monoisotopic (exact) mass is 406 g/mol. The minimum absolute atomic E-state index is 0.0450. The first-order chi connectivity index (χ1) is 14.0. The quantitative estimate of drug-likeness (QED) is 0.350. The van der Waals surface area contributed by atoms with Gasteiger partial charge in [-0.15, -0.1) is 0 Å². The summed E-state index contributed by atoms with van der Waals surface area (Å²) in [5, 5.41) is 6.37. The predicted molar refractivity (Wildman–Crippen MR) is 113 cm³/mol. The molecule has 8 heteroatoms. The van der Waals surface area contributed by atoms with Crippen molar-refractivity contribution in [3.63, 3.8) is 0 Å². The highest BCUT2D eigenvalue weighted by atomic mass is 32.1. The fraction of sp³-hybridized carbons (Fsp3) is 0.0476. The Morgan fingerprint density at radius 2 is 1.66 bits per heavy atom. The molecule has 0 saturated carbocycles. The summed E-state index contributed by atoms with van der Waals surface area (Å²) in [5.74, 6) is -0.547. The zero-order valence-electron chi connectivity index (χ0n) is 15.5. The van der Waals surface area contributed by atoms with Gasteiger partial charge in [-0.1, -0.05) is 65.8 Å². The summed E-state index contributed by atoms with van der Waals surface area (Å²) in [7, 11) is 0. The molecule has 3 aromatic rings. The summed E-state index contributed by atoms with van der Waals surface area (Å²) in [6.07, 6.45) is 3.01. The molecule has 0 bridgehead atoms. The van der Waals surface area contributed by atoms with E-state index in [2.05, 4.69) is 21.3 Å². The summed E-state index contributed by atoms with van der Waals surface area (Å²) in [6, 6.07) is 18.6. The number of hydrazine groups is 1. The van der Waals surface area contributed by atoms with Crippen molar-refractivity contribution in [2.75, 3.05) is 0 Å². The van der Waals surface area contributed by atoms with Crippen molar-refractivity contribution >= 4 is 35.2 Å². The molecular weight excluding hydrogens is 388 g/mol. The molecule has 7 nitrogen and oxygen atoms in total. The number of hydrogen-bond donors (Lipinski definition) is 3. The number of carbonyl (C=O) groups excluding carboxylic acids is 2. The molecular formula is C21H18N4O3S. The van der Waals surface area contributed by atoms with Gasteiger partial charge in [-0.2, -0.15) is 0 Å². The number of rotatable bonds is 4. The lowest BCUT2D eigenvalue weighted by Gasteiger charge is -2.10. The number of benzene rings is 2. The molecule has 1 heterocycles. The van der Waals surface area contributed by atoms with Crippen LogP contribution in [0.25, 0.3) is 17.3 Å². The molecule has 3 rings (SSSR count). The lowest BCUT2D eigenvalue weighted by atomic mass is 10.1. The van der Waals surface area contributed by atoms with Crippen LogP contribution in [0.15, 0.2) is 71.3 Å². The van der Waals surface area contributed by atoms with Crippen molar-refractivity contribution in [2.24, 2.45) is 0 Å². The first kappa shape index (κ1) is 20.0. The fourth-order valence-electron chi connectivity index (χ4n) is 2.53. The number of nitrogens with zero attached hydrogens (tertiary/aromatic N) is 1. The van der Waals surface area contributed by atoms with Crippen molar-refractivity contribution in [3.8, 4) is 11.3 Å². The first-order valence-electron chi connectivity index (χ1n) is 8.70. The van der Waals surface area contributed by atoms with Crippen molar-refractivity contribution < 1.29 is 14.1 Å². The summed E-state index contributed by atoms with van der Waals surface area (Å²) < 4.78 is 5.17. The minimum atomic E-state index is -0.487. The number of aryl methyl sites for hydroxylation is 1. The van der Waals surface area contributed by atoms with Crippen LogP contribution in [-0.4, -0.2) is 22.1 Å². The van der Waals surface area contributed by atoms with E-state index in [9.17, 15) is 9.59 Å². The zero-order valence-corrected chi connectivity index (χ0v) is 16.3. The Bertz CT molecular complexity index is 1050. The molecule has 0 fully saturated rings. The molecule has 0 spiro atoms. The van der Waals surface area contributed by atoms with Gasteiger partial charge in [0.1, 0.15) is 17.0 Å². The van der Waals surface area contributed by atoms with E-state index >= 15 is 0 Å². The lowest BCUT2D eigenvalue weighted by Crippen LogP contribution is -2.48. The van der Waals surface area contributed by atoms with Gasteiger partial charge >= 0.3 is 0 Å². The third kappa shape index (κ3) is 5.36. The third-order valence-corrected chi connectivity index (χ3v) is 4.09. The molecule has 0 aliphatic carbocycles. The molecule has 0 aliphatic heterocycles. The first-order valence-corrected chi connectivity index (χ1v) is 9.11. The molecule has 1 aromatic heterocycles. The van der Waals surface area contributed by atoms with Gasteiger partial charge in [-0.05, 0) is 30.8 Å². The molecule has 0 atom stereocenters. The molecule has 0 unspecified atom stereocenters. The van der Waals surface area contributed by atoms with Crippen LogP contribution in [-0.2, 0) is 4.79 Å². The fourth-order valence-corrected chi connectivity index (χ4v) is 2.68. The number of nitrogens with one attached hydrogen (secondary N) is 3. The van der Waals surface area contributed by atoms with E-state index in [1.807, 2.05) is 60.7 Å². The van der Waals surface area contributed by atoms with Gasteiger partial charge in [0.25, 0.3) is 5.91 Å². The second kappa shape index (κ2) is 9.43. The van der Waals surface area contributed by atoms with Gasteiger partial charge in [-0.3, -0.25) is 25.8 Å². The molecule has 29 heavy (non-hydrogen) atoms. The van der Waals surface area contributed by atoms with Crippen molar-refractivity contribution in [1.29, 1.82) is 0 Å². The summed E-state index contributed by atoms with van der Waals surface area (Å²) in [4.78, 5) is 24.5. The van der Waals surface area contributed by atoms with Gasteiger partial charge < -0.3 is 4.52 Å². The Morgan fingerprint density at radius 3 is 2.34 bits per heavy atom. The van der Waals surface area contributed by atoms with E-state index < -0.39 is 11.8 Å². The van der Waals surface area contributed by atoms with Crippen molar-refractivity contribution in [3.05, 3.63) is 83.6 Å². The maximum Gasteiger partial charge on any atom is 0.275 e. The topological polar surface area (TPSA) is 96.3 Å². The normalized spacial score (nSPS) is 10.5. The van der Waals surface area contributed by atoms with Crippen molar-refractivity contribution in [2.45, 2.75) is 6.92 Å². The van der Waals surface area contributed by atoms with Crippen LogP contribution in [0, 0.1) is 6.92 Å². The van der Waals surface area contributed by atoms with Gasteiger partial charge in [0.05, 0.1) is 0 Å². The minimum Gasteiger partial charge on any atom is -0.360 e. The number of thiocarbonyl (C=S) groups is 1. The van der Waals surface area contributed by atoms with Crippen LogP contribution in [0.4, 0.5) is 0 Å². The van der Waals surface area contributed by atoms with Gasteiger partial charge in [0, 0.05) is 11.6 Å². The van der Waals surface area contributed by atoms with Gasteiger partial charge in [0.2, 0.25) is 5.91 Å². The molecule has 0 radical (unpaired) electrons. The third-order valence-electron chi connectivity index (χ3n) is 3.89. The average molecular weight is 406 g/mol. The zero-order chi connectivity index (χ0) is 20.6. The van der Waals surface area contributed by atoms with Crippen LogP contribution in [0.1, 0.15) is 21.7 Å². The summed E-state index contributed by atoms with van der Waals surface area (Å²) in [5.41, 5.74) is 7.27. The van der Waals surface area contributed by atoms with E-state index in [0.717, 1.165) is 11.1 Å². The van der Waals surface area contributed by atoms with Crippen LogP contribution in [0.5, 0.6) is 0 Å². The SMILES string of the molecule is Cc1onc(-c2ccccc2)c1C(=O)NNC(=S)NC(=O)C=Cc1ccccc1. The lowest BCUT2D eigenvalue weighted by molar-refractivity contribution is -0.115. The van der Waals surface area contributed by atoms with E-state index in [1.165, 1.54) is 6.08 Å². The molecule has 0 saturated heterocycles. The van der Waals surface area contributed by atoms with E-state index in [0.29, 0.717) is 11.5 Å². The molecule has 146 valence electrons. The van der Waals surface area contributed by atoms with Gasteiger partial charge in [0.15, 0.2) is 5.11 Å². The highest BCUT2D eigenvalue weighted by Gasteiger charge is 2.21. The summed E-state index contributed by atoms with van der Waals surface area (Å²) >= 11 is 5.04. The maximum absolute atomic E-state index is 12.6. The standard InChI is InChI=1S/C21H18N4O3S/c1-14-18(19(25-28-14)16-10-6-3-7-11-16)20(27)23-24-21(29)22-17(26)13-12-15-8-4-2-5-9-15/h2-13H,1H3,(H,23,27)(H2,22,24,26,29). The van der Waals surface area contributed by atoms with Crippen LogP contribution in [0.3, 0.4) is 0 Å². The Balaban J connectivity index is 1.57. The Kier molecular flexibility index (Phi) is 6.49. The van der Waals surface area contributed by atoms with Crippen LogP contribution in [0.2, 0.25) is 0 Å². The predicted octanol–water partition coefficient (Wildman–Crippen LogP) is 3.00. The second-order valence-electron chi connectivity index (χ2n) is 5.97. The van der Waals surface area contributed by atoms with Crippen molar-refractivity contribution in [1.82, 2.24) is 21.3 Å². The van der Waals surface area contributed by atoms with E-state index in [-0.39, 0.29) is 10.7 Å². The largest absolute Gasteiger partial charge is 0.360 e. The van der Waals surface area contributed by atoms with Crippen LogP contribution >= 0.6 is 12.2 Å². The Hall–Kier alpha value is -3.78. The maximum atomic E-state index is 12.6. The smallest absolute Gasteiger partial charge is 0.275 e. The van der Waals surface area contributed by atoms with E-state index in [1.54, 1.807) is 13.0 Å². The van der Waals surface area contributed by atoms with Crippen LogP contribution < -0.4 is 16.2 Å². The Morgan fingerprint density at radius 1 is 1.00 bits per heavy atom. The number of carbonyl (C=O) groups is 2. The highest BCUT2D eigenvalue weighted by Crippen LogP contribution is 2.24. The number of amides is 2. The number of aromatic nitrogens is 1. The van der Waals surface area contributed by atoms with E-state index in [4.69, 9.17) is 16.7 Å². The molecule has 2 aromatic carbocycles. The molecule has 2 amide bonds. The summed E-state index contributed by atoms with van der Waals surface area (Å²) in [6.45, 7) is 1.64. The average Bonchev–Trinajstić information content (AvgIpc) is 3.13. The molecule has 0 aliphatic rings. The molecule has 3 N–H and O–H groups in total. The Labute approximate surface area is 172 Å².